The summed E-state index contributed by atoms with van der Waals surface area (Å²) in [6.45, 7) is 1.81. The fourth-order valence-corrected chi connectivity index (χ4v) is 3.61. The van der Waals surface area contributed by atoms with Crippen LogP contribution in [-0.2, 0) is 19.0 Å². The molecule has 2 aromatic heterocycles. The molecule has 1 aliphatic rings. The van der Waals surface area contributed by atoms with Gasteiger partial charge in [0.05, 0.1) is 37.4 Å². The van der Waals surface area contributed by atoms with Crippen molar-refractivity contribution in [1.82, 2.24) is 25.2 Å². The van der Waals surface area contributed by atoms with Crippen LogP contribution in [0.15, 0.2) is 18.6 Å². The van der Waals surface area contributed by atoms with E-state index in [0.29, 0.717) is 23.3 Å². The smallest absolute Gasteiger partial charge is 0.237 e. The number of anilines is 1. The van der Waals surface area contributed by atoms with E-state index >= 15 is 0 Å². The van der Waals surface area contributed by atoms with Gasteiger partial charge in [-0.2, -0.15) is 0 Å². The molecule has 12 heteroatoms. The first-order valence-corrected chi connectivity index (χ1v) is 10.1. The molecule has 2 unspecified atom stereocenters. The van der Waals surface area contributed by atoms with E-state index in [0.717, 1.165) is 6.42 Å². The Bertz CT molecular complexity index is 864. The summed E-state index contributed by atoms with van der Waals surface area (Å²) < 4.78 is 17.4. The number of carbonyl (C=O) groups is 1. The molecule has 2 aromatic rings. The molecule has 3 rings (SSSR count). The Labute approximate surface area is 179 Å². The zero-order chi connectivity index (χ0) is 22.4. The molecule has 31 heavy (non-hydrogen) atoms. The van der Waals surface area contributed by atoms with Gasteiger partial charge in [0.25, 0.3) is 0 Å². The van der Waals surface area contributed by atoms with Crippen molar-refractivity contribution in [3.05, 3.63) is 18.6 Å². The first-order chi connectivity index (χ1) is 15.0. The van der Waals surface area contributed by atoms with E-state index < -0.39 is 30.5 Å². The molecule has 6 N–H and O–H groups in total. The summed E-state index contributed by atoms with van der Waals surface area (Å²) in [5.41, 5.74) is 7.30. The summed E-state index contributed by atoms with van der Waals surface area (Å²) >= 11 is 0. The zero-order valence-corrected chi connectivity index (χ0v) is 17.6. The minimum absolute atomic E-state index is 0.105. The maximum Gasteiger partial charge on any atom is 0.237 e. The number of nitrogens with one attached hydrogen (secondary N) is 2. The van der Waals surface area contributed by atoms with Gasteiger partial charge >= 0.3 is 0 Å². The van der Waals surface area contributed by atoms with Gasteiger partial charge in [0.15, 0.2) is 11.9 Å². The number of hydrogen-bond acceptors (Lipinski definition) is 10. The van der Waals surface area contributed by atoms with Gasteiger partial charge in [-0.25, -0.2) is 9.97 Å². The highest BCUT2D eigenvalue weighted by Crippen LogP contribution is 2.32. The molecule has 0 bridgehead atoms. The number of carbonyl (C=O) groups excluding carboxylic acids is 1. The Morgan fingerprint density at radius 3 is 2.97 bits per heavy atom. The molecule has 1 saturated heterocycles. The number of rotatable bonds is 11. The van der Waals surface area contributed by atoms with Crippen LogP contribution in [0.2, 0.25) is 0 Å². The number of pyridine rings is 1. The number of aliphatic hydroxyl groups is 2. The standard InChI is InChI=1S/C19H30N6O6/c1-3-4-12(23-9-30-10-29-2)18(28)24-15-13(7-26)31-19(16(15)27)25-8-22-14-11(20)5-6-21-17(14)25/h5-6,8,12-13,15-16,19,23,26-27H,3-4,7,9-10H2,1-2H3,(H2,20,21)(H,24,28)/t12?,13-,15?,16+,19-/m1/s1. The molecule has 0 saturated carbocycles. The predicted octanol–water partition coefficient (Wildman–Crippen LogP) is -0.915. The van der Waals surface area contributed by atoms with Gasteiger partial charge in [-0.15, -0.1) is 0 Å². The minimum atomic E-state index is -1.14. The average molecular weight is 438 g/mol. The van der Waals surface area contributed by atoms with Crippen molar-refractivity contribution < 1.29 is 29.2 Å². The minimum Gasteiger partial charge on any atom is -0.397 e. The number of imidazole rings is 1. The number of fused-ring (bicyclic) bond motifs is 1. The SMILES string of the molecule is CCCC(NCOCOC)C(=O)NC1[C@@H](CO)O[C@@H](n2cnc3c(N)ccnc32)[C@H]1O. The van der Waals surface area contributed by atoms with Crippen molar-refractivity contribution in [3.63, 3.8) is 0 Å². The second-order valence-corrected chi connectivity index (χ2v) is 7.30. The highest BCUT2D eigenvalue weighted by Gasteiger charge is 2.46. The van der Waals surface area contributed by atoms with Crippen molar-refractivity contribution in [3.8, 4) is 0 Å². The first kappa shape index (κ1) is 23.3. The number of aromatic nitrogens is 3. The summed E-state index contributed by atoms with van der Waals surface area (Å²) in [5, 5.41) is 26.5. The van der Waals surface area contributed by atoms with E-state index in [1.807, 2.05) is 6.92 Å². The summed E-state index contributed by atoms with van der Waals surface area (Å²) in [7, 11) is 1.51. The number of methoxy groups -OCH3 is 1. The van der Waals surface area contributed by atoms with E-state index in [4.69, 9.17) is 19.9 Å². The molecule has 0 spiro atoms. The number of nitrogen functional groups attached to an aromatic ring is 1. The number of hydrogen-bond donors (Lipinski definition) is 5. The molecule has 12 nitrogen and oxygen atoms in total. The van der Waals surface area contributed by atoms with Crippen molar-refractivity contribution in [2.24, 2.45) is 0 Å². The molecular formula is C19H30N6O6. The lowest BCUT2D eigenvalue weighted by Gasteiger charge is -2.24. The Hall–Kier alpha value is -2.35. The van der Waals surface area contributed by atoms with Gasteiger partial charge < -0.3 is 35.5 Å². The summed E-state index contributed by atoms with van der Waals surface area (Å²) in [6.07, 6.45) is 1.47. The molecule has 5 atom stereocenters. The van der Waals surface area contributed by atoms with Gasteiger partial charge in [0, 0.05) is 13.3 Å². The van der Waals surface area contributed by atoms with Crippen LogP contribution in [0.1, 0.15) is 26.0 Å². The number of nitrogens with two attached hydrogens (primary N) is 1. The number of ether oxygens (including phenoxy) is 3. The van der Waals surface area contributed by atoms with Crippen LogP contribution in [0.25, 0.3) is 11.2 Å². The largest absolute Gasteiger partial charge is 0.397 e. The van der Waals surface area contributed by atoms with Gasteiger partial charge in [-0.3, -0.25) is 14.7 Å². The van der Waals surface area contributed by atoms with Crippen LogP contribution in [0.5, 0.6) is 0 Å². The van der Waals surface area contributed by atoms with Gasteiger partial charge in [-0.05, 0) is 12.5 Å². The molecule has 172 valence electrons. The van der Waals surface area contributed by atoms with Crippen LogP contribution < -0.4 is 16.4 Å². The summed E-state index contributed by atoms with van der Waals surface area (Å²) in [6, 6.07) is 0.257. The third kappa shape index (κ3) is 5.11. The van der Waals surface area contributed by atoms with E-state index in [2.05, 4.69) is 20.6 Å². The molecule has 3 heterocycles. The lowest BCUT2D eigenvalue weighted by Crippen LogP contribution is -2.54. The van der Waals surface area contributed by atoms with Gasteiger partial charge in [0.1, 0.15) is 24.5 Å². The molecule has 1 fully saturated rings. The number of amides is 1. The Morgan fingerprint density at radius 2 is 2.26 bits per heavy atom. The maximum atomic E-state index is 12.9. The lowest BCUT2D eigenvalue weighted by atomic mass is 10.1. The second-order valence-electron chi connectivity index (χ2n) is 7.30. The van der Waals surface area contributed by atoms with Gasteiger partial charge in [-0.1, -0.05) is 13.3 Å². The Morgan fingerprint density at radius 1 is 1.45 bits per heavy atom. The van der Waals surface area contributed by atoms with E-state index in [1.165, 1.54) is 19.6 Å². The van der Waals surface area contributed by atoms with E-state index in [9.17, 15) is 15.0 Å². The number of nitrogens with zero attached hydrogens (tertiary/aromatic N) is 3. The normalized spacial score (nSPS) is 24.5. The predicted molar refractivity (Wildman–Crippen MR) is 111 cm³/mol. The molecule has 0 aliphatic carbocycles. The Kier molecular flexibility index (Phi) is 8.12. The van der Waals surface area contributed by atoms with Crippen molar-refractivity contribution in [1.29, 1.82) is 0 Å². The summed E-state index contributed by atoms with van der Waals surface area (Å²) in [4.78, 5) is 21.4. The monoisotopic (exact) mass is 438 g/mol. The van der Waals surface area contributed by atoms with Crippen LogP contribution in [0.3, 0.4) is 0 Å². The molecule has 1 amide bonds. The van der Waals surface area contributed by atoms with Crippen LogP contribution in [0.4, 0.5) is 5.69 Å². The van der Waals surface area contributed by atoms with Crippen LogP contribution >= 0.6 is 0 Å². The fourth-order valence-electron chi connectivity index (χ4n) is 3.61. The quantitative estimate of drug-likeness (QED) is 0.219. The van der Waals surface area contributed by atoms with Crippen molar-refractivity contribution >= 4 is 22.8 Å². The van der Waals surface area contributed by atoms with Crippen LogP contribution in [0, 0.1) is 0 Å². The molecule has 0 radical (unpaired) electrons. The zero-order valence-electron chi connectivity index (χ0n) is 17.6. The highest BCUT2D eigenvalue weighted by atomic mass is 16.7. The highest BCUT2D eigenvalue weighted by molar-refractivity contribution is 5.84. The Balaban J connectivity index is 1.73. The van der Waals surface area contributed by atoms with Crippen molar-refractivity contribution in [2.75, 3.05) is 33.0 Å². The third-order valence-electron chi connectivity index (χ3n) is 5.16. The third-order valence-corrected chi connectivity index (χ3v) is 5.16. The average Bonchev–Trinajstić information content (AvgIpc) is 3.32. The molecule has 1 aliphatic heterocycles. The topological polar surface area (TPSA) is 166 Å². The van der Waals surface area contributed by atoms with Crippen LogP contribution in [-0.4, -0.2) is 82.2 Å². The fraction of sp³-hybridized carbons (Fsp3) is 0.632. The number of aliphatic hydroxyl groups excluding tert-OH is 2. The molecule has 0 aromatic carbocycles. The van der Waals surface area contributed by atoms with E-state index in [1.54, 1.807) is 10.6 Å². The summed E-state index contributed by atoms with van der Waals surface area (Å²) in [5.74, 6) is -0.326. The maximum absolute atomic E-state index is 12.9. The molecular weight excluding hydrogens is 408 g/mol. The van der Waals surface area contributed by atoms with E-state index in [-0.39, 0.29) is 26.0 Å². The van der Waals surface area contributed by atoms with Gasteiger partial charge in [0.2, 0.25) is 5.91 Å². The van der Waals surface area contributed by atoms with Crippen molar-refractivity contribution in [2.45, 2.75) is 50.3 Å². The lowest BCUT2D eigenvalue weighted by molar-refractivity contribution is -0.126. The second kappa shape index (κ2) is 10.8. The first-order valence-electron chi connectivity index (χ1n) is 10.1.